The van der Waals surface area contributed by atoms with E-state index in [9.17, 15) is 38.7 Å². The molecule has 0 saturated heterocycles. The third kappa shape index (κ3) is 40.0. The molecule has 1 aromatic heterocycles. The summed E-state index contributed by atoms with van der Waals surface area (Å²) in [5.74, 6) is -4.27. The molecule has 0 aliphatic heterocycles. The summed E-state index contributed by atoms with van der Waals surface area (Å²) < 4.78 is 21.5. The molecule has 0 spiro atoms. The molecule has 0 unspecified atom stereocenters. The number of carboxylic acids is 2. The van der Waals surface area contributed by atoms with Crippen molar-refractivity contribution in [2.75, 3.05) is 72.5 Å². The number of hydrogen-bond donors (Lipinski definition) is 8. The Hall–Kier alpha value is -4.50. The van der Waals surface area contributed by atoms with E-state index in [-0.39, 0.29) is 84.6 Å². The largest absolute Gasteiger partial charge is 0.481 e. The number of aliphatic carboxylic acids is 2. The highest BCUT2D eigenvalue weighted by atomic mass is 16.5. The first kappa shape index (κ1) is 64.5. The molecule has 1 rings (SSSR count). The SMILES string of the molecule is CCCCCC(=O)O.CCCCCCCCCCCCCC(=O)NCCOCCOCC(=O)NCCOCCOCC(=O)NCCCC[C@H](CC(=O)C(C)(C)NC(=O)[C@@H](N)Cc1cnc[nH]1)C(=O)O.[HH]. The second-order valence-corrected chi connectivity index (χ2v) is 17.7. The van der Waals surface area contributed by atoms with Crippen molar-refractivity contribution in [3.8, 4) is 0 Å². The van der Waals surface area contributed by atoms with Crippen LogP contribution in [0.1, 0.15) is 163 Å². The maximum absolute atomic E-state index is 13.0. The number of rotatable bonds is 45. The maximum Gasteiger partial charge on any atom is 0.306 e. The molecule has 69 heavy (non-hydrogen) atoms. The smallest absolute Gasteiger partial charge is 0.306 e. The second-order valence-electron chi connectivity index (χ2n) is 17.7. The van der Waals surface area contributed by atoms with Crippen molar-refractivity contribution in [3.63, 3.8) is 0 Å². The van der Waals surface area contributed by atoms with Crippen molar-refractivity contribution in [3.05, 3.63) is 18.2 Å². The first-order chi connectivity index (χ1) is 33.1. The summed E-state index contributed by atoms with van der Waals surface area (Å²) >= 11 is 0. The summed E-state index contributed by atoms with van der Waals surface area (Å²) in [7, 11) is 0. The normalized spacial score (nSPS) is 12.0. The average Bonchev–Trinajstić information content (AvgIpc) is 3.82. The molecule has 0 aliphatic carbocycles. The van der Waals surface area contributed by atoms with E-state index in [1.54, 1.807) is 6.20 Å². The Kier molecular flexibility index (Phi) is 40.7. The predicted molar refractivity (Wildman–Crippen MR) is 264 cm³/mol. The van der Waals surface area contributed by atoms with Crippen LogP contribution in [0.5, 0.6) is 0 Å². The first-order valence-corrected chi connectivity index (χ1v) is 25.3. The van der Waals surface area contributed by atoms with Gasteiger partial charge in [0, 0.05) is 58.6 Å². The summed E-state index contributed by atoms with van der Waals surface area (Å²) in [6.07, 6.45) is 21.7. The number of ketones is 1. The number of amides is 4. The molecule has 2 atom stereocenters. The molecule has 0 fully saturated rings. The number of nitrogens with two attached hydrogens (primary N) is 1. The zero-order chi connectivity index (χ0) is 51.4. The van der Waals surface area contributed by atoms with Crippen LogP contribution in [0.4, 0.5) is 0 Å². The Morgan fingerprint density at radius 1 is 0.652 bits per heavy atom. The highest BCUT2D eigenvalue weighted by molar-refractivity contribution is 5.95. The summed E-state index contributed by atoms with van der Waals surface area (Å²) in [4.78, 5) is 90.0. The number of imidazole rings is 1. The lowest BCUT2D eigenvalue weighted by atomic mass is 9.88. The van der Waals surface area contributed by atoms with Crippen LogP contribution in [-0.4, -0.2) is 146 Å². The molecule has 9 N–H and O–H groups in total. The zero-order valence-electron chi connectivity index (χ0n) is 42.3. The van der Waals surface area contributed by atoms with Crippen LogP contribution in [0.2, 0.25) is 0 Å². The van der Waals surface area contributed by atoms with Crippen LogP contribution in [0, 0.1) is 5.92 Å². The quantitative estimate of drug-likeness (QED) is 0.0398. The number of H-pyrrole nitrogens is 1. The number of carboxylic acid groups (broad SMARTS) is 2. The molecule has 20 heteroatoms. The summed E-state index contributed by atoms with van der Waals surface area (Å²) in [5, 5.41) is 28.7. The van der Waals surface area contributed by atoms with E-state index >= 15 is 0 Å². The van der Waals surface area contributed by atoms with Gasteiger partial charge in [0.1, 0.15) is 13.2 Å². The van der Waals surface area contributed by atoms with Gasteiger partial charge in [-0.2, -0.15) is 0 Å². The number of Topliss-reactive ketones (excluding diaryl/α,β-unsaturated/α-hetero) is 1. The van der Waals surface area contributed by atoms with Gasteiger partial charge >= 0.3 is 11.9 Å². The van der Waals surface area contributed by atoms with Crippen LogP contribution in [0.15, 0.2) is 12.5 Å². The van der Waals surface area contributed by atoms with Crippen molar-refractivity contribution < 1.29 is 64.1 Å². The predicted octanol–water partition coefficient (Wildman–Crippen LogP) is 5.02. The summed E-state index contributed by atoms with van der Waals surface area (Å²) in [6, 6.07) is -0.916. The van der Waals surface area contributed by atoms with E-state index in [2.05, 4.69) is 45.1 Å². The molecular weight excluding hydrogens is 895 g/mol. The van der Waals surface area contributed by atoms with E-state index in [4.69, 9.17) is 29.8 Å². The van der Waals surface area contributed by atoms with Gasteiger partial charge in [-0.1, -0.05) is 97.3 Å². The summed E-state index contributed by atoms with van der Waals surface area (Å²) in [5.41, 5.74) is 5.32. The minimum atomic E-state index is -1.31. The van der Waals surface area contributed by atoms with E-state index in [0.717, 1.165) is 32.1 Å². The van der Waals surface area contributed by atoms with Gasteiger partial charge in [0.25, 0.3) is 0 Å². The molecule has 0 aromatic carbocycles. The number of hydrogen-bond acceptors (Lipinski definition) is 13. The molecule has 0 radical (unpaired) electrons. The fourth-order valence-electron chi connectivity index (χ4n) is 6.69. The van der Waals surface area contributed by atoms with Gasteiger partial charge in [0.05, 0.1) is 63.5 Å². The molecule has 0 aliphatic rings. The zero-order valence-corrected chi connectivity index (χ0v) is 42.3. The Morgan fingerprint density at radius 3 is 1.67 bits per heavy atom. The molecule has 0 saturated carbocycles. The van der Waals surface area contributed by atoms with E-state index in [1.807, 2.05) is 0 Å². The Morgan fingerprint density at radius 2 is 1.14 bits per heavy atom. The van der Waals surface area contributed by atoms with Gasteiger partial charge in [-0.15, -0.1) is 0 Å². The van der Waals surface area contributed by atoms with Crippen molar-refractivity contribution >= 4 is 41.4 Å². The minimum Gasteiger partial charge on any atom is -0.481 e. The fraction of sp³-hybridized carbons (Fsp3) is 0.796. The Balaban J connectivity index is 0. The Labute approximate surface area is 412 Å². The van der Waals surface area contributed by atoms with Crippen molar-refractivity contribution in [2.45, 2.75) is 174 Å². The highest BCUT2D eigenvalue weighted by Gasteiger charge is 2.34. The topological polar surface area (TPSA) is 300 Å². The molecule has 4 amide bonds. The second kappa shape index (κ2) is 43.5. The van der Waals surface area contributed by atoms with Crippen LogP contribution in [0.3, 0.4) is 0 Å². The molecule has 20 nitrogen and oxygen atoms in total. The lowest BCUT2D eigenvalue weighted by Gasteiger charge is -2.27. The number of nitrogens with zero attached hydrogens (tertiary/aromatic N) is 1. The first-order valence-electron chi connectivity index (χ1n) is 25.3. The molecule has 1 aromatic rings. The van der Waals surface area contributed by atoms with Crippen molar-refractivity contribution in [2.24, 2.45) is 11.7 Å². The van der Waals surface area contributed by atoms with Gasteiger partial charge in [-0.05, 0) is 39.5 Å². The standard InChI is InChI=1S/C43H77N7O11.C6H12O2.H2/c1-4-5-6-7-8-9-10-11-12-13-14-18-38(52)47-20-22-58-24-27-61-32-40(54)48-21-23-59-25-26-60-31-39(53)46-19-16-15-17-34(42(56)57)28-37(51)43(2,3)50-41(55)36(44)29-35-30-45-33-49-35;1-2-3-4-5-6(7)8;/h30,33-34,36H,4-29,31-32,44H2,1-3H3,(H,45,49)(H,46,53)(H,47,52)(H,48,54)(H,50,55)(H,56,57);2-5H2,1H3,(H,7,8);1H/t34-,36+;;/m1../s1. The maximum atomic E-state index is 13.0. The van der Waals surface area contributed by atoms with Gasteiger partial charge in [0.15, 0.2) is 5.78 Å². The molecule has 400 valence electrons. The fourth-order valence-corrected chi connectivity index (χ4v) is 6.69. The highest BCUT2D eigenvalue weighted by Crippen LogP contribution is 2.19. The third-order valence-corrected chi connectivity index (χ3v) is 10.9. The van der Waals surface area contributed by atoms with E-state index < -0.39 is 41.1 Å². The van der Waals surface area contributed by atoms with Crippen molar-refractivity contribution in [1.29, 1.82) is 0 Å². The number of aromatic amines is 1. The van der Waals surface area contributed by atoms with Crippen molar-refractivity contribution in [1.82, 2.24) is 31.2 Å². The molecule has 0 bridgehead atoms. The monoisotopic (exact) mass is 986 g/mol. The number of carbonyl (C=O) groups excluding carboxylic acids is 5. The third-order valence-electron chi connectivity index (χ3n) is 10.9. The van der Waals surface area contributed by atoms with Gasteiger partial charge in [0.2, 0.25) is 23.6 Å². The number of unbranched alkanes of at least 4 members (excludes halogenated alkanes) is 13. The van der Waals surface area contributed by atoms with E-state index in [0.29, 0.717) is 57.7 Å². The van der Waals surface area contributed by atoms with Crippen LogP contribution < -0.4 is 27.0 Å². The minimum absolute atomic E-state index is 0. The number of nitrogens with one attached hydrogen (secondary N) is 5. The average molecular weight is 986 g/mol. The molecule has 1 heterocycles. The van der Waals surface area contributed by atoms with Gasteiger partial charge in [-0.3, -0.25) is 33.6 Å². The number of ether oxygens (including phenoxy) is 4. The van der Waals surface area contributed by atoms with Gasteiger partial charge < -0.3 is 61.1 Å². The lowest BCUT2D eigenvalue weighted by Crippen LogP contribution is -2.55. The van der Waals surface area contributed by atoms with Crippen LogP contribution in [0.25, 0.3) is 0 Å². The van der Waals surface area contributed by atoms with Crippen LogP contribution in [-0.2, 0) is 58.9 Å². The lowest BCUT2D eigenvalue weighted by molar-refractivity contribution is -0.145. The van der Waals surface area contributed by atoms with E-state index in [1.165, 1.54) is 78.0 Å². The van der Waals surface area contributed by atoms with Gasteiger partial charge in [-0.25, -0.2) is 4.98 Å². The number of aromatic nitrogens is 2. The molecular formula is C49H91N7O13. The number of carbonyl (C=O) groups is 7. The Bertz CT molecular complexity index is 1520. The summed E-state index contributed by atoms with van der Waals surface area (Å²) in [6.45, 7) is 9.68. The van der Waals surface area contributed by atoms with Crippen LogP contribution >= 0.6 is 0 Å².